The SMILES string of the molecule is CN(CCCNCC1Cc2ccccc21)c1ccccc1. The van der Waals surface area contributed by atoms with E-state index < -0.39 is 0 Å². The normalized spacial score (nSPS) is 16.1. The molecule has 1 aliphatic rings. The van der Waals surface area contributed by atoms with Crippen LogP contribution in [0.4, 0.5) is 5.69 Å². The molecule has 0 saturated heterocycles. The summed E-state index contributed by atoms with van der Waals surface area (Å²) in [7, 11) is 2.16. The topological polar surface area (TPSA) is 15.3 Å². The molecule has 110 valence electrons. The Morgan fingerprint density at radius 3 is 2.62 bits per heavy atom. The Morgan fingerprint density at radius 2 is 1.81 bits per heavy atom. The van der Waals surface area contributed by atoms with Crippen molar-refractivity contribution in [3.05, 3.63) is 65.7 Å². The molecule has 1 N–H and O–H groups in total. The fourth-order valence-electron chi connectivity index (χ4n) is 3.07. The number of hydrogen-bond donors (Lipinski definition) is 1. The molecule has 2 heteroatoms. The molecule has 0 aliphatic heterocycles. The lowest BCUT2D eigenvalue weighted by Gasteiger charge is -2.30. The second kappa shape index (κ2) is 6.77. The van der Waals surface area contributed by atoms with E-state index in [4.69, 9.17) is 0 Å². The monoisotopic (exact) mass is 280 g/mol. The van der Waals surface area contributed by atoms with Crippen LogP contribution in [0.5, 0.6) is 0 Å². The van der Waals surface area contributed by atoms with Gasteiger partial charge in [-0.2, -0.15) is 0 Å². The van der Waals surface area contributed by atoms with Crippen molar-refractivity contribution in [3.8, 4) is 0 Å². The van der Waals surface area contributed by atoms with E-state index in [2.05, 4.69) is 71.9 Å². The first-order chi connectivity index (χ1) is 10.3. The van der Waals surface area contributed by atoms with Crippen LogP contribution in [-0.2, 0) is 6.42 Å². The van der Waals surface area contributed by atoms with Crippen molar-refractivity contribution >= 4 is 5.69 Å². The second-order valence-corrected chi connectivity index (χ2v) is 5.91. The first-order valence-electron chi connectivity index (χ1n) is 7.89. The lowest BCUT2D eigenvalue weighted by Crippen LogP contribution is -2.31. The van der Waals surface area contributed by atoms with E-state index >= 15 is 0 Å². The van der Waals surface area contributed by atoms with Crippen LogP contribution in [0.2, 0.25) is 0 Å². The van der Waals surface area contributed by atoms with Gasteiger partial charge in [-0.1, -0.05) is 42.5 Å². The van der Waals surface area contributed by atoms with Crippen molar-refractivity contribution in [1.29, 1.82) is 0 Å². The molecule has 0 bridgehead atoms. The van der Waals surface area contributed by atoms with Crippen molar-refractivity contribution in [2.24, 2.45) is 0 Å². The fourth-order valence-corrected chi connectivity index (χ4v) is 3.07. The van der Waals surface area contributed by atoms with Gasteiger partial charge in [-0.3, -0.25) is 0 Å². The van der Waals surface area contributed by atoms with Gasteiger partial charge >= 0.3 is 0 Å². The summed E-state index contributed by atoms with van der Waals surface area (Å²) in [6.45, 7) is 3.31. The summed E-state index contributed by atoms with van der Waals surface area (Å²) in [4.78, 5) is 2.32. The highest BCUT2D eigenvalue weighted by molar-refractivity contribution is 5.44. The molecule has 0 spiro atoms. The number of fused-ring (bicyclic) bond motifs is 1. The molecule has 21 heavy (non-hydrogen) atoms. The third-order valence-corrected chi connectivity index (χ3v) is 4.40. The Labute approximate surface area is 127 Å². The van der Waals surface area contributed by atoms with Crippen LogP contribution in [0.1, 0.15) is 23.5 Å². The van der Waals surface area contributed by atoms with E-state index in [1.807, 2.05) is 0 Å². The minimum Gasteiger partial charge on any atom is -0.375 e. The van der Waals surface area contributed by atoms with Crippen LogP contribution in [0.3, 0.4) is 0 Å². The average molecular weight is 280 g/mol. The molecule has 1 unspecified atom stereocenters. The van der Waals surface area contributed by atoms with Gasteiger partial charge in [0.05, 0.1) is 0 Å². The summed E-state index contributed by atoms with van der Waals surface area (Å²) >= 11 is 0. The summed E-state index contributed by atoms with van der Waals surface area (Å²) in [5.41, 5.74) is 4.38. The average Bonchev–Trinajstić information content (AvgIpc) is 2.51. The minimum atomic E-state index is 0.730. The van der Waals surface area contributed by atoms with E-state index in [0.29, 0.717) is 0 Å². The highest BCUT2D eigenvalue weighted by Crippen LogP contribution is 2.33. The maximum atomic E-state index is 3.61. The quantitative estimate of drug-likeness (QED) is 0.782. The third-order valence-electron chi connectivity index (χ3n) is 4.40. The molecular weight excluding hydrogens is 256 g/mol. The van der Waals surface area contributed by atoms with Crippen LogP contribution in [0.15, 0.2) is 54.6 Å². The highest BCUT2D eigenvalue weighted by atomic mass is 15.1. The van der Waals surface area contributed by atoms with Gasteiger partial charge in [0.1, 0.15) is 0 Å². The highest BCUT2D eigenvalue weighted by Gasteiger charge is 2.24. The van der Waals surface area contributed by atoms with E-state index in [-0.39, 0.29) is 0 Å². The molecule has 3 rings (SSSR count). The van der Waals surface area contributed by atoms with Crippen LogP contribution >= 0.6 is 0 Å². The van der Waals surface area contributed by atoms with Crippen molar-refractivity contribution in [2.45, 2.75) is 18.8 Å². The van der Waals surface area contributed by atoms with Crippen molar-refractivity contribution in [2.75, 3.05) is 31.6 Å². The Morgan fingerprint density at radius 1 is 1.05 bits per heavy atom. The van der Waals surface area contributed by atoms with Crippen molar-refractivity contribution in [1.82, 2.24) is 5.32 Å². The first kappa shape index (κ1) is 14.2. The van der Waals surface area contributed by atoms with Crippen LogP contribution in [-0.4, -0.2) is 26.7 Å². The summed E-state index contributed by atoms with van der Waals surface area (Å²) in [5, 5.41) is 3.61. The molecule has 0 aromatic heterocycles. The molecule has 0 heterocycles. The zero-order valence-electron chi connectivity index (χ0n) is 12.8. The van der Waals surface area contributed by atoms with Gasteiger partial charge in [0.15, 0.2) is 0 Å². The predicted molar refractivity (Wildman–Crippen MR) is 90.1 cm³/mol. The van der Waals surface area contributed by atoms with E-state index in [9.17, 15) is 0 Å². The molecule has 0 fully saturated rings. The van der Waals surface area contributed by atoms with Gasteiger partial charge in [-0.05, 0) is 42.6 Å². The number of nitrogens with one attached hydrogen (secondary N) is 1. The molecule has 2 aromatic carbocycles. The Kier molecular flexibility index (Phi) is 4.56. The Hall–Kier alpha value is -1.80. The molecule has 2 nitrogen and oxygen atoms in total. The first-order valence-corrected chi connectivity index (χ1v) is 7.89. The second-order valence-electron chi connectivity index (χ2n) is 5.91. The standard InChI is InChI=1S/C19H24N2/c1-21(18-9-3-2-4-10-18)13-7-12-20-15-17-14-16-8-5-6-11-19(16)17/h2-6,8-11,17,20H,7,12-15H2,1H3. The van der Waals surface area contributed by atoms with Gasteiger partial charge in [0, 0.05) is 31.7 Å². The number of anilines is 1. The largest absolute Gasteiger partial charge is 0.375 e. The molecule has 0 radical (unpaired) electrons. The smallest absolute Gasteiger partial charge is 0.0363 e. The van der Waals surface area contributed by atoms with Crippen LogP contribution < -0.4 is 10.2 Å². The van der Waals surface area contributed by atoms with Gasteiger partial charge in [0.2, 0.25) is 0 Å². The maximum Gasteiger partial charge on any atom is 0.0363 e. The molecular formula is C19H24N2. The van der Waals surface area contributed by atoms with Crippen molar-refractivity contribution in [3.63, 3.8) is 0 Å². The Balaban J connectivity index is 1.33. The van der Waals surface area contributed by atoms with Gasteiger partial charge < -0.3 is 10.2 Å². The van der Waals surface area contributed by atoms with Crippen LogP contribution in [0, 0.1) is 0 Å². The summed E-state index contributed by atoms with van der Waals surface area (Å²) in [5.74, 6) is 0.730. The zero-order chi connectivity index (χ0) is 14.5. The lowest BCUT2D eigenvalue weighted by atomic mass is 9.77. The zero-order valence-corrected chi connectivity index (χ0v) is 12.8. The number of rotatable bonds is 7. The van der Waals surface area contributed by atoms with Gasteiger partial charge in [0.25, 0.3) is 0 Å². The fraction of sp³-hybridized carbons (Fsp3) is 0.368. The molecule has 1 atom stereocenters. The van der Waals surface area contributed by atoms with Gasteiger partial charge in [-0.15, -0.1) is 0 Å². The third kappa shape index (κ3) is 3.45. The predicted octanol–water partition coefficient (Wildman–Crippen LogP) is 3.44. The maximum absolute atomic E-state index is 3.61. The van der Waals surface area contributed by atoms with E-state index in [1.54, 1.807) is 5.56 Å². The molecule has 0 saturated carbocycles. The van der Waals surface area contributed by atoms with E-state index in [1.165, 1.54) is 24.1 Å². The molecule has 1 aliphatic carbocycles. The van der Waals surface area contributed by atoms with Crippen molar-refractivity contribution < 1.29 is 0 Å². The molecule has 0 amide bonds. The number of hydrogen-bond acceptors (Lipinski definition) is 2. The number of benzene rings is 2. The minimum absolute atomic E-state index is 0.730. The Bertz CT molecular complexity index is 561. The lowest BCUT2D eigenvalue weighted by molar-refractivity contribution is 0.529. The van der Waals surface area contributed by atoms with E-state index in [0.717, 1.165) is 25.6 Å². The summed E-state index contributed by atoms with van der Waals surface area (Å²) in [6, 6.07) is 19.4. The summed E-state index contributed by atoms with van der Waals surface area (Å²) < 4.78 is 0. The van der Waals surface area contributed by atoms with Crippen LogP contribution in [0.25, 0.3) is 0 Å². The number of nitrogens with zero attached hydrogens (tertiary/aromatic N) is 1. The molecule has 2 aromatic rings. The number of para-hydroxylation sites is 1. The summed E-state index contributed by atoms with van der Waals surface area (Å²) in [6.07, 6.45) is 2.42. The van der Waals surface area contributed by atoms with Gasteiger partial charge in [-0.25, -0.2) is 0 Å².